The predicted octanol–water partition coefficient (Wildman–Crippen LogP) is 6.68. The molecule has 0 aromatic heterocycles. The molecule has 1 heteroatoms. The van der Waals surface area contributed by atoms with Crippen molar-refractivity contribution in [1.82, 2.24) is 0 Å². The van der Waals surface area contributed by atoms with E-state index in [4.69, 9.17) is 0 Å². The van der Waals surface area contributed by atoms with E-state index in [9.17, 15) is 0 Å². The van der Waals surface area contributed by atoms with Crippen LogP contribution in [0.5, 0.6) is 0 Å². The number of hydrogen-bond donors (Lipinski definition) is 0. The number of rotatable bonds is 1. The van der Waals surface area contributed by atoms with E-state index in [1.165, 1.54) is 57.1 Å². The van der Waals surface area contributed by atoms with Crippen molar-refractivity contribution < 1.29 is 0 Å². The summed E-state index contributed by atoms with van der Waals surface area (Å²) in [5.74, 6) is 3.39. The molecule has 6 unspecified atom stereocenters. The average Bonchev–Trinajstić information content (AvgIpc) is 2.93. The third-order valence-corrected chi connectivity index (χ3v) is 10.0. The quantitative estimate of drug-likeness (QED) is 0.372. The zero-order valence-electron chi connectivity index (χ0n) is 17.5. The fraction of sp³-hybridized carbons (Fsp3) is 0.875. The fourth-order valence-corrected chi connectivity index (χ4v) is 8.10. The van der Waals surface area contributed by atoms with Crippen molar-refractivity contribution in [3.8, 4) is 0 Å². The van der Waals surface area contributed by atoms with Crippen molar-refractivity contribution in [2.75, 3.05) is 7.05 Å². The zero-order chi connectivity index (χ0) is 18.0. The van der Waals surface area contributed by atoms with Gasteiger partial charge < -0.3 is 0 Å². The van der Waals surface area contributed by atoms with Gasteiger partial charge in [-0.25, -0.2) is 0 Å². The second-order valence-corrected chi connectivity index (χ2v) is 10.7. The van der Waals surface area contributed by atoms with Gasteiger partial charge in [-0.3, -0.25) is 4.99 Å². The highest BCUT2D eigenvalue weighted by atomic mass is 14.7. The van der Waals surface area contributed by atoms with Crippen molar-refractivity contribution in [2.45, 2.75) is 86.0 Å². The van der Waals surface area contributed by atoms with Crippen LogP contribution >= 0.6 is 0 Å². The predicted molar refractivity (Wildman–Crippen MR) is 108 cm³/mol. The van der Waals surface area contributed by atoms with Gasteiger partial charge in [0.25, 0.3) is 0 Å². The molecule has 0 spiro atoms. The van der Waals surface area contributed by atoms with Crippen molar-refractivity contribution in [2.24, 2.45) is 44.9 Å². The summed E-state index contributed by atoms with van der Waals surface area (Å²) in [6, 6.07) is 0. The third kappa shape index (κ3) is 2.23. The molecule has 3 saturated carbocycles. The number of aliphatic imine (C=N–C) groups is 1. The van der Waals surface area contributed by atoms with E-state index in [-0.39, 0.29) is 0 Å². The van der Waals surface area contributed by atoms with E-state index in [0.29, 0.717) is 16.2 Å². The maximum absolute atomic E-state index is 4.62. The zero-order valence-corrected chi connectivity index (χ0v) is 17.5. The lowest BCUT2D eigenvalue weighted by Gasteiger charge is -2.65. The molecule has 0 saturated heterocycles. The van der Waals surface area contributed by atoms with Crippen LogP contribution in [0.15, 0.2) is 16.6 Å². The van der Waals surface area contributed by atoms with Gasteiger partial charge in [0.1, 0.15) is 0 Å². The number of fused-ring (bicyclic) bond motifs is 5. The largest absolute Gasteiger partial charge is 0.297 e. The molecule has 0 aromatic rings. The van der Waals surface area contributed by atoms with Crippen molar-refractivity contribution in [3.63, 3.8) is 0 Å². The lowest BCUT2D eigenvalue weighted by molar-refractivity contribution is -0.114. The molecule has 4 rings (SSSR count). The van der Waals surface area contributed by atoms with E-state index in [0.717, 1.165) is 23.7 Å². The second-order valence-electron chi connectivity index (χ2n) is 10.7. The van der Waals surface area contributed by atoms with Crippen LogP contribution in [0, 0.1) is 39.9 Å². The number of nitrogens with zero attached hydrogens (tertiary/aromatic N) is 1. The van der Waals surface area contributed by atoms with Crippen LogP contribution in [-0.4, -0.2) is 12.8 Å². The number of hydrogen-bond acceptors (Lipinski definition) is 1. The molecule has 0 aromatic carbocycles. The minimum atomic E-state index is 0.468. The summed E-state index contributed by atoms with van der Waals surface area (Å²) in [6.07, 6.45) is 14.0. The molecule has 3 fully saturated rings. The van der Waals surface area contributed by atoms with E-state index < -0.39 is 0 Å². The SMILES string of the molecule is CN=C(C)C1CC[C@H]2C3CCC4=CC(C)CCC4(C)C3(C)CCC12C. The number of allylic oxidation sites excluding steroid dienone is 2. The van der Waals surface area contributed by atoms with Crippen molar-refractivity contribution in [3.05, 3.63) is 11.6 Å². The minimum absolute atomic E-state index is 0.468. The Morgan fingerprint density at radius 2 is 1.76 bits per heavy atom. The summed E-state index contributed by atoms with van der Waals surface area (Å²) in [5, 5.41) is 0. The topological polar surface area (TPSA) is 12.4 Å². The Balaban J connectivity index is 1.71. The van der Waals surface area contributed by atoms with Crippen LogP contribution in [0.3, 0.4) is 0 Å². The van der Waals surface area contributed by atoms with Crippen LogP contribution < -0.4 is 0 Å². The van der Waals surface area contributed by atoms with E-state index >= 15 is 0 Å². The smallest absolute Gasteiger partial charge is 0.0276 e. The molecule has 7 atom stereocenters. The highest BCUT2D eigenvalue weighted by Gasteiger charge is 2.64. The molecule has 0 radical (unpaired) electrons. The monoisotopic (exact) mass is 341 g/mol. The maximum Gasteiger partial charge on any atom is 0.0276 e. The Morgan fingerprint density at radius 3 is 2.48 bits per heavy atom. The molecule has 0 amide bonds. The van der Waals surface area contributed by atoms with Crippen molar-refractivity contribution >= 4 is 5.71 Å². The van der Waals surface area contributed by atoms with Gasteiger partial charge >= 0.3 is 0 Å². The molecule has 140 valence electrons. The van der Waals surface area contributed by atoms with Crippen LogP contribution in [0.4, 0.5) is 0 Å². The molecular weight excluding hydrogens is 302 g/mol. The van der Waals surface area contributed by atoms with Crippen molar-refractivity contribution in [1.29, 1.82) is 0 Å². The Kier molecular flexibility index (Phi) is 4.06. The van der Waals surface area contributed by atoms with Gasteiger partial charge in [0.05, 0.1) is 0 Å². The van der Waals surface area contributed by atoms with Crippen LogP contribution in [-0.2, 0) is 0 Å². The molecule has 0 aliphatic heterocycles. The van der Waals surface area contributed by atoms with Gasteiger partial charge in [-0.05, 0) is 92.3 Å². The average molecular weight is 342 g/mol. The second kappa shape index (κ2) is 5.70. The normalized spacial score (nSPS) is 52.9. The molecule has 0 bridgehead atoms. The third-order valence-electron chi connectivity index (χ3n) is 10.0. The lowest BCUT2D eigenvalue weighted by Crippen LogP contribution is -2.57. The Morgan fingerprint density at radius 1 is 1.00 bits per heavy atom. The Hall–Kier alpha value is -0.590. The van der Waals surface area contributed by atoms with Crippen LogP contribution in [0.25, 0.3) is 0 Å². The van der Waals surface area contributed by atoms with Gasteiger partial charge in [-0.1, -0.05) is 39.3 Å². The minimum Gasteiger partial charge on any atom is -0.297 e. The van der Waals surface area contributed by atoms with Gasteiger partial charge in [0, 0.05) is 18.7 Å². The van der Waals surface area contributed by atoms with Gasteiger partial charge in [0.2, 0.25) is 0 Å². The first-order valence-electron chi connectivity index (χ1n) is 10.9. The lowest BCUT2D eigenvalue weighted by atomic mass is 9.40. The molecule has 0 N–H and O–H groups in total. The summed E-state index contributed by atoms with van der Waals surface area (Å²) in [7, 11) is 2.00. The standard InChI is InChI=1S/C24H39N/c1-16-11-12-23(4)18(15-16)7-8-21-20-10-9-19(17(2)25-6)22(20,3)13-14-24(21,23)5/h15-16,19-21H,7-14H2,1-6H3/t16?,19?,20-,21?,22?,23?,24?/m0/s1. The van der Waals surface area contributed by atoms with Crippen LogP contribution in [0.1, 0.15) is 86.0 Å². The first-order valence-corrected chi connectivity index (χ1v) is 10.9. The molecule has 4 aliphatic carbocycles. The maximum atomic E-state index is 4.62. The first kappa shape index (κ1) is 17.8. The summed E-state index contributed by atoms with van der Waals surface area (Å²) in [5.41, 5.74) is 4.74. The van der Waals surface area contributed by atoms with E-state index in [1.807, 2.05) is 12.6 Å². The summed E-state index contributed by atoms with van der Waals surface area (Å²) in [4.78, 5) is 4.62. The molecule has 25 heavy (non-hydrogen) atoms. The molecule has 1 nitrogen and oxygen atoms in total. The van der Waals surface area contributed by atoms with E-state index in [1.54, 1.807) is 0 Å². The molecular formula is C24H39N. The van der Waals surface area contributed by atoms with Gasteiger partial charge in [-0.15, -0.1) is 0 Å². The van der Waals surface area contributed by atoms with Gasteiger partial charge in [0.15, 0.2) is 0 Å². The Bertz CT molecular complexity index is 616. The van der Waals surface area contributed by atoms with Gasteiger partial charge in [-0.2, -0.15) is 0 Å². The van der Waals surface area contributed by atoms with E-state index in [2.05, 4.69) is 45.7 Å². The highest BCUT2D eigenvalue weighted by Crippen LogP contribution is 2.72. The summed E-state index contributed by atoms with van der Waals surface area (Å²) in [6.45, 7) is 12.7. The Labute approximate surface area is 155 Å². The highest BCUT2D eigenvalue weighted by molar-refractivity contribution is 5.85. The van der Waals surface area contributed by atoms with Crippen LogP contribution in [0.2, 0.25) is 0 Å². The molecule has 0 heterocycles. The summed E-state index contributed by atoms with van der Waals surface area (Å²) < 4.78 is 0. The molecule has 4 aliphatic rings. The fourth-order valence-electron chi connectivity index (χ4n) is 8.10. The summed E-state index contributed by atoms with van der Waals surface area (Å²) >= 11 is 0. The first-order chi connectivity index (χ1) is 11.8.